The first-order chi connectivity index (χ1) is 18.3. The van der Waals surface area contributed by atoms with Gasteiger partial charge in [-0.25, -0.2) is 0 Å². The van der Waals surface area contributed by atoms with Crippen LogP contribution in [0.3, 0.4) is 0 Å². The highest BCUT2D eigenvalue weighted by Gasteiger charge is 2.32. The number of unbranched alkanes of at least 4 members (excludes halogenated alkanes) is 1. The van der Waals surface area contributed by atoms with E-state index in [4.69, 9.17) is 4.74 Å². The summed E-state index contributed by atoms with van der Waals surface area (Å²) in [5.74, 6) is 1.56. The summed E-state index contributed by atoms with van der Waals surface area (Å²) >= 11 is 0. The van der Waals surface area contributed by atoms with E-state index in [0.717, 1.165) is 56.0 Å². The third-order valence-corrected chi connectivity index (χ3v) is 8.73. The van der Waals surface area contributed by atoms with Crippen LogP contribution in [0.4, 0.5) is 11.4 Å². The lowest BCUT2D eigenvalue weighted by Gasteiger charge is -2.39. The number of fused-ring (bicyclic) bond motifs is 1. The number of benzene rings is 2. The van der Waals surface area contributed by atoms with Gasteiger partial charge in [-0.1, -0.05) is 70.5 Å². The SMILES string of the molecule is CCCCN1CCN(c2cc3c(cc2C2=CCC(C(C)(C)C)CC2)N(Cc2ccccc2)C(=O)CO3)CC1. The lowest BCUT2D eigenvalue weighted by Crippen LogP contribution is -2.47. The van der Waals surface area contributed by atoms with Crippen LogP contribution in [0.25, 0.3) is 5.57 Å². The zero-order chi connectivity index (χ0) is 26.7. The monoisotopic (exact) mass is 515 g/mol. The summed E-state index contributed by atoms with van der Waals surface area (Å²) in [6.07, 6.45) is 8.40. The van der Waals surface area contributed by atoms with Crippen molar-refractivity contribution in [3.8, 4) is 5.75 Å². The lowest BCUT2D eigenvalue weighted by atomic mass is 9.72. The average molecular weight is 516 g/mol. The fourth-order valence-electron chi connectivity index (χ4n) is 6.15. The molecule has 0 spiro atoms. The zero-order valence-corrected chi connectivity index (χ0v) is 23.8. The van der Waals surface area contributed by atoms with Crippen molar-refractivity contribution in [2.45, 2.75) is 66.3 Å². The molecular weight excluding hydrogens is 470 g/mol. The van der Waals surface area contributed by atoms with Crippen molar-refractivity contribution in [3.05, 3.63) is 59.7 Å². The molecule has 1 saturated heterocycles. The summed E-state index contributed by atoms with van der Waals surface area (Å²) in [4.78, 5) is 20.2. The van der Waals surface area contributed by atoms with Crippen molar-refractivity contribution in [3.63, 3.8) is 0 Å². The molecule has 0 aromatic heterocycles. The van der Waals surface area contributed by atoms with Gasteiger partial charge in [0.25, 0.3) is 5.91 Å². The normalized spacial score (nSPS) is 20.7. The Kier molecular flexibility index (Phi) is 8.13. The predicted octanol–water partition coefficient (Wildman–Crippen LogP) is 6.76. The number of hydrogen-bond acceptors (Lipinski definition) is 4. The molecule has 2 heterocycles. The van der Waals surface area contributed by atoms with E-state index in [1.54, 1.807) is 0 Å². The Morgan fingerprint density at radius 2 is 1.76 bits per heavy atom. The molecule has 2 aromatic rings. The number of allylic oxidation sites excluding steroid dienone is 2. The fraction of sp³-hybridized carbons (Fsp3) is 0.545. The van der Waals surface area contributed by atoms with Crippen LogP contribution in [0.1, 0.15) is 70.9 Å². The van der Waals surface area contributed by atoms with Crippen molar-refractivity contribution >= 4 is 22.9 Å². The molecule has 204 valence electrons. The van der Waals surface area contributed by atoms with Crippen LogP contribution in [0.2, 0.25) is 0 Å². The maximum atomic E-state index is 13.1. The van der Waals surface area contributed by atoms with E-state index in [1.165, 1.54) is 42.6 Å². The number of hydrogen-bond donors (Lipinski definition) is 0. The first-order valence-corrected chi connectivity index (χ1v) is 14.7. The van der Waals surface area contributed by atoms with Crippen molar-refractivity contribution < 1.29 is 9.53 Å². The number of anilines is 2. The van der Waals surface area contributed by atoms with E-state index in [0.29, 0.717) is 17.9 Å². The molecule has 2 aromatic carbocycles. The van der Waals surface area contributed by atoms with Gasteiger partial charge in [-0.15, -0.1) is 0 Å². The number of piperazine rings is 1. The summed E-state index contributed by atoms with van der Waals surface area (Å²) in [7, 11) is 0. The fourth-order valence-corrected chi connectivity index (χ4v) is 6.15. The summed E-state index contributed by atoms with van der Waals surface area (Å²) in [5.41, 5.74) is 6.34. The van der Waals surface area contributed by atoms with Crippen LogP contribution in [-0.2, 0) is 11.3 Å². The van der Waals surface area contributed by atoms with Crippen molar-refractivity contribution in [2.75, 3.05) is 49.1 Å². The quantitative estimate of drug-likeness (QED) is 0.408. The zero-order valence-electron chi connectivity index (χ0n) is 23.8. The molecule has 38 heavy (non-hydrogen) atoms. The molecule has 1 unspecified atom stereocenters. The Morgan fingerprint density at radius 1 is 1.00 bits per heavy atom. The Labute approximate surface area is 229 Å². The van der Waals surface area contributed by atoms with Crippen molar-refractivity contribution in [1.29, 1.82) is 0 Å². The first kappa shape index (κ1) is 26.8. The summed E-state index contributed by atoms with van der Waals surface area (Å²) in [6.45, 7) is 15.5. The molecule has 3 aliphatic rings. The lowest BCUT2D eigenvalue weighted by molar-refractivity contribution is -0.121. The molecule has 0 radical (unpaired) electrons. The van der Waals surface area contributed by atoms with Crippen LogP contribution in [0, 0.1) is 11.3 Å². The first-order valence-electron chi connectivity index (χ1n) is 14.7. The molecule has 5 rings (SSSR count). The Bertz CT molecular complexity index is 1140. The maximum Gasteiger partial charge on any atom is 0.265 e. The van der Waals surface area contributed by atoms with Crippen molar-refractivity contribution in [1.82, 2.24) is 4.90 Å². The average Bonchev–Trinajstić information content (AvgIpc) is 2.93. The summed E-state index contributed by atoms with van der Waals surface area (Å²) in [6, 6.07) is 14.8. The topological polar surface area (TPSA) is 36.0 Å². The number of nitrogens with zero attached hydrogens (tertiary/aromatic N) is 3. The minimum atomic E-state index is 0.0232. The van der Waals surface area contributed by atoms with Gasteiger partial charge >= 0.3 is 0 Å². The van der Waals surface area contributed by atoms with E-state index in [-0.39, 0.29) is 12.5 Å². The number of amides is 1. The maximum absolute atomic E-state index is 13.1. The van der Waals surface area contributed by atoms with Gasteiger partial charge in [-0.3, -0.25) is 9.69 Å². The molecule has 1 fully saturated rings. The van der Waals surface area contributed by atoms with Gasteiger partial charge < -0.3 is 14.5 Å². The molecule has 0 bridgehead atoms. The Morgan fingerprint density at radius 3 is 2.42 bits per heavy atom. The van der Waals surface area contributed by atoms with Crippen LogP contribution in [0.15, 0.2) is 48.5 Å². The van der Waals surface area contributed by atoms with E-state index < -0.39 is 0 Å². The molecule has 5 heteroatoms. The number of carbonyl (C=O) groups is 1. The highest BCUT2D eigenvalue weighted by Crippen LogP contribution is 2.46. The molecule has 0 saturated carbocycles. The van der Waals surface area contributed by atoms with Crippen LogP contribution in [-0.4, -0.2) is 50.1 Å². The second-order valence-corrected chi connectivity index (χ2v) is 12.3. The third kappa shape index (κ3) is 5.93. The van der Waals surface area contributed by atoms with E-state index in [1.807, 2.05) is 23.1 Å². The largest absolute Gasteiger partial charge is 0.481 e. The van der Waals surface area contributed by atoms with Gasteiger partial charge in [0.2, 0.25) is 0 Å². The molecule has 0 N–H and O–H groups in total. The molecular formula is C33H45N3O2. The smallest absolute Gasteiger partial charge is 0.265 e. The second kappa shape index (κ2) is 11.5. The van der Waals surface area contributed by atoms with Crippen LogP contribution in [0.5, 0.6) is 5.75 Å². The predicted molar refractivity (Wildman–Crippen MR) is 158 cm³/mol. The van der Waals surface area contributed by atoms with Gasteiger partial charge in [0.05, 0.1) is 12.2 Å². The molecule has 2 aliphatic heterocycles. The van der Waals surface area contributed by atoms with Crippen LogP contribution >= 0.6 is 0 Å². The second-order valence-electron chi connectivity index (χ2n) is 12.3. The molecule has 1 atom stereocenters. The number of rotatable bonds is 7. The van der Waals surface area contributed by atoms with E-state index in [2.05, 4.69) is 67.8 Å². The number of carbonyl (C=O) groups excluding carboxylic acids is 1. The number of ether oxygens (including phenoxy) is 1. The van der Waals surface area contributed by atoms with Gasteiger partial charge in [0, 0.05) is 43.5 Å². The van der Waals surface area contributed by atoms with Gasteiger partial charge in [-0.2, -0.15) is 0 Å². The van der Waals surface area contributed by atoms with E-state index >= 15 is 0 Å². The summed E-state index contributed by atoms with van der Waals surface area (Å²) < 4.78 is 6.07. The molecule has 1 amide bonds. The molecule has 5 nitrogen and oxygen atoms in total. The van der Waals surface area contributed by atoms with Gasteiger partial charge in [0.15, 0.2) is 6.61 Å². The highest BCUT2D eigenvalue weighted by atomic mass is 16.5. The minimum Gasteiger partial charge on any atom is -0.481 e. The minimum absolute atomic E-state index is 0.0232. The Balaban J connectivity index is 1.49. The van der Waals surface area contributed by atoms with Crippen LogP contribution < -0.4 is 14.5 Å². The van der Waals surface area contributed by atoms with Gasteiger partial charge in [-0.05, 0) is 60.8 Å². The highest BCUT2D eigenvalue weighted by molar-refractivity contribution is 5.99. The summed E-state index contributed by atoms with van der Waals surface area (Å²) in [5, 5.41) is 0. The molecule has 1 aliphatic carbocycles. The van der Waals surface area contributed by atoms with Gasteiger partial charge in [0.1, 0.15) is 5.75 Å². The van der Waals surface area contributed by atoms with Crippen molar-refractivity contribution in [2.24, 2.45) is 11.3 Å². The Hall–Kier alpha value is -2.79. The third-order valence-electron chi connectivity index (χ3n) is 8.73. The standard InChI is InChI=1S/C33H45N3O2/c1-5-6-16-34-17-19-35(20-18-34)29-22-31-30(21-28(29)26-12-14-27(15-13-26)33(2,3)4)36(32(37)24-38-31)23-25-10-8-7-9-11-25/h7-12,21-22,27H,5-6,13-20,23-24H2,1-4H3. The van der Waals surface area contributed by atoms with E-state index in [9.17, 15) is 4.79 Å².